The van der Waals surface area contributed by atoms with Gasteiger partial charge in [-0.15, -0.1) is 0 Å². The Morgan fingerprint density at radius 1 is 0.957 bits per heavy atom. The molecule has 2 aliphatic rings. The van der Waals surface area contributed by atoms with Crippen LogP contribution in [-0.4, -0.2) is 49.7 Å². The van der Waals surface area contributed by atoms with E-state index in [2.05, 4.69) is 53.4 Å². The van der Waals surface area contributed by atoms with Crippen molar-refractivity contribution in [1.29, 1.82) is 0 Å². The molecule has 0 bridgehead atoms. The number of nitrogens with one attached hydrogen (secondary N) is 1. The van der Waals surface area contributed by atoms with Crippen LogP contribution in [0.15, 0.2) is 60.0 Å². The Balaban J connectivity index is 1.89. The predicted molar refractivity (Wildman–Crippen MR) is 90.3 cm³/mol. The van der Waals surface area contributed by atoms with Gasteiger partial charge in [-0.3, -0.25) is 4.90 Å². The summed E-state index contributed by atoms with van der Waals surface area (Å²) < 4.78 is 33.7. The first-order chi connectivity index (χ1) is 10.8. The number of unbranched alkanes of at least 4 members (excludes halogenated alkanes) is 1. The molecule has 0 spiro atoms. The second-order valence-corrected chi connectivity index (χ2v) is 7.38. The van der Waals surface area contributed by atoms with Gasteiger partial charge in [0.1, 0.15) is 14.1 Å². The van der Waals surface area contributed by atoms with Crippen molar-refractivity contribution in [2.75, 3.05) is 26.4 Å². The summed E-state index contributed by atoms with van der Waals surface area (Å²) in [7, 11) is -0.0529. The Morgan fingerprint density at radius 2 is 1.52 bits per heavy atom. The van der Waals surface area contributed by atoms with Crippen molar-refractivity contribution < 1.29 is 22.4 Å². The lowest BCUT2D eigenvalue weighted by atomic mass is 10.0. The van der Waals surface area contributed by atoms with Crippen LogP contribution in [0.1, 0.15) is 12.8 Å². The first kappa shape index (κ1) is 17.6. The zero-order valence-corrected chi connectivity index (χ0v) is 14.3. The highest BCUT2D eigenvalue weighted by Crippen LogP contribution is 2.15. The lowest BCUT2D eigenvalue weighted by Crippen LogP contribution is -3.03. The third-order valence-corrected chi connectivity index (χ3v) is 4.57. The van der Waals surface area contributed by atoms with Gasteiger partial charge in [-0.05, 0) is 48.3 Å². The molecule has 0 unspecified atom stereocenters. The van der Waals surface area contributed by atoms with Gasteiger partial charge in [0.15, 0.2) is 5.71 Å². The Kier molecular flexibility index (Phi) is 5.87. The molecule has 5 nitrogen and oxygen atoms in total. The average Bonchev–Trinajstić information content (AvgIpc) is 2.51. The number of rotatable bonds is 5. The maximum absolute atomic E-state index is 10.6. The van der Waals surface area contributed by atoms with Gasteiger partial charge in [-0.25, -0.2) is 13.0 Å². The van der Waals surface area contributed by atoms with Crippen LogP contribution in [0, 0.1) is 0 Å². The minimum Gasteiger partial charge on any atom is -0.748 e. The van der Waals surface area contributed by atoms with Crippen LogP contribution >= 0.6 is 0 Å². The molecule has 0 aromatic rings. The monoisotopic (exact) mass is 335 g/mol. The normalized spacial score (nSPS) is 20.5. The summed E-state index contributed by atoms with van der Waals surface area (Å²) in [6.07, 6.45) is 17.8. The highest BCUT2D eigenvalue weighted by Gasteiger charge is 2.11. The van der Waals surface area contributed by atoms with E-state index in [4.69, 9.17) is 0 Å². The molecule has 0 amide bonds. The molecule has 0 fully saturated rings. The summed E-state index contributed by atoms with van der Waals surface area (Å²) in [6.45, 7) is 0.787. The second kappa shape index (κ2) is 7.68. The molecule has 0 radical (unpaired) electrons. The van der Waals surface area contributed by atoms with Crippen molar-refractivity contribution in [3.63, 3.8) is 0 Å². The average molecular weight is 335 g/mol. The molecular weight excluding hydrogens is 312 g/mol. The summed E-state index contributed by atoms with van der Waals surface area (Å²) >= 11 is 0. The summed E-state index contributed by atoms with van der Waals surface area (Å²) in [4.78, 5) is 1.15. The minimum atomic E-state index is -4.08. The Morgan fingerprint density at radius 3 is 2.04 bits per heavy atom. The van der Waals surface area contributed by atoms with Crippen LogP contribution in [0.5, 0.6) is 0 Å². The number of hydrogen-bond donors (Lipinski definition) is 1. The topological polar surface area (TPSA) is 64.7 Å². The van der Waals surface area contributed by atoms with E-state index in [0.717, 1.165) is 17.0 Å². The number of nitrogens with zero attached hydrogens (tertiary/aromatic N) is 1. The summed E-state index contributed by atoms with van der Waals surface area (Å²) in [5.74, 6) is -0.274. The molecule has 0 aromatic carbocycles. The molecule has 1 heterocycles. The zero-order chi connectivity index (χ0) is 16.9. The fourth-order valence-corrected chi connectivity index (χ4v) is 2.98. The van der Waals surface area contributed by atoms with Crippen molar-refractivity contribution in [2.24, 2.45) is 0 Å². The second-order valence-electron chi connectivity index (χ2n) is 5.86. The summed E-state index contributed by atoms with van der Waals surface area (Å²) in [5.41, 5.74) is 3.49. The van der Waals surface area contributed by atoms with Gasteiger partial charge in [0.2, 0.25) is 0 Å². The van der Waals surface area contributed by atoms with E-state index in [1.807, 2.05) is 14.1 Å². The Hall–Kier alpha value is -1.76. The van der Waals surface area contributed by atoms with E-state index in [1.165, 1.54) is 11.3 Å². The van der Waals surface area contributed by atoms with E-state index in [9.17, 15) is 13.0 Å². The van der Waals surface area contributed by atoms with E-state index in [-0.39, 0.29) is 5.75 Å². The first-order valence-electron chi connectivity index (χ1n) is 7.65. The lowest BCUT2D eigenvalue weighted by Gasteiger charge is -2.14. The van der Waals surface area contributed by atoms with Crippen LogP contribution in [0.25, 0.3) is 0 Å². The van der Waals surface area contributed by atoms with E-state index >= 15 is 0 Å². The maximum Gasteiger partial charge on any atom is 0.199 e. The smallest absolute Gasteiger partial charge is 0.199 e. The van der Waals surface area contributed by atoms with Crippen LogP contribution < -0.4 is 4.90 Å². The first-order valence-corrected chi connectivity index (χ1v) is 9.23. The molecule has 1 N–H and O–H groups in total. The molecule has 124 valence electrons. The molecule has 1 aliphatic heterocycles. The fourth-order valence-electron chi connectivity index (χ4n) is 2.42. The van der Waals surface area contributed by atoms with E-state index in [1.54, 1.807) is 0 Å². The van der Waals surface area contributed by atoms with Crippen molar-refractivity contribution in [1.82, 2.24) is 0 Å². The van der Waals surface area contributed by atoms with E-state index < -0.39 is 10.1 Å². The van der Waals surface area contributed by atoms with Gasteiger partial charge < -0.3 is 4.55 Å². The fraction of sp³-hybridized carbons (Fsp3) is 0.353. The molecule has 0 saturated carbocycles. The standard InChI is InChI=1S/C17H22N2O3S/c1-18(2)17-7-5-15(6-8-17)16-9-12-19(13-10-16)11-3-4-14-23(20,21)22/h5-10,12-13H,3-4,11,14H2,1-2H3/p+1. The molecule has 0 saturated heterocycles. The maximum atomic E-state index is 10.6. The molecule has 1 aliphatic carbocycles. The minimum absolute atomic E-state index is 0.274. The van der Waals surface area contributed by atoms with Crippen LogP contribution in [-0.2, 0) is 10.1 Å². The number of allylic oxidation sites excluding steroid dienone is 8. The summed E-state index contributed by atoms with van der Waals surface area (Å²) in [5, 5.41) is 0. The molecule has 0 atom stereocenters. The van der Waals surface area contributed by atoms with Crippen molar-refractivity contribution in [3.05, 3.63) is 60.0 Å². The SMILES string of the molecule is C[N+](C)=C1C=CC(=C2C=C[NH+](CCCCS(=O)(=O)[O-])C=C2)C=C1. The highest BCUT2D eigenvalue weighted by atomic mass is 32.2. The molecule has 2 rings (SSSR count). The van der Waals surface area contributed by atoms with E-state index in [0.29, 0.717) is 12.8 Å². The van der Waals surface area contributed by atoms with Gasteiger partial charge in [-0.1, -0.05) is 0 Å². The summed E-state index contributed by atoms with van der Waals surface area (Å²) in [6, 6.07) is 0. The van der Waals surface area contributed by atoms with Gasteiger partial charge in [0.25, 0.3) is 0 Å². The Bertz CT molecular complexity index is 700. The van der Waals surface area contributed by atoms with Gasteiger partial charge >= 0.3 is 0 Å². The molecule has 6 heteroatoms. The number of hydrogen-bond acceptors (Lipinski definition) is 3. The van der Waals surface area contributed by atoms with Crippen LogP contribution in [0.2, 0.25) is 0 Å². The lowest BCUT2D eigenvalue weighted by molar-refractivity contribution is -0.791. The third kappa shape index (κ3) is 5.74. The largest absolute Gasteiger partial charge is 0.748 e. The highest BCUT2D eigenvalue weighted by molar-refractivity contribution is 7.85. The van der Waals surface area contributed by atoms with Gasteiger partial charge in [-0.2, -0.15) is 0 Å². The number of quaternary nitrogens is 1. The van der Waals surface area contributed by atoms with Crippen molar-refractivity contribution in [3.8, 4) is 0 Å². The molecule has 0 aromatic heterocycles. The quantitative estimate of drug-likeness (QED) is 0.449. The predicted octanol–water partition coefficient (Wildman–Crippen LogP) is 0.373. The van der Waals surface area contributed by atoms with Gasteiger partial charge in [0, 0.05) is 17.9 Å². The van der Waals surface area contributed by atoms with Crippen LogP contribution in [0.3, 0.4) is 0 Å². The molecular formula is C17H23N2O3S+. The molecule has 23 heavy (non-hydrogen) atoms. The van der Waals surface area contributed by atoms with Crippen molar-refractivity contribution >= 4 is 15.8 Å². The van der Waals surface area contributed by atoms with Crippen LogP contribution in [0.4, 0.5) is 0 Å². The Labute approximate surface area is 138 Å². The zero-order valence-electron chi connectivity index (χ0n) is 13.5. The third-order valence-electron chi connectivity index (χ3n) is 3.78. The van der Waals surface area contributed by atoms with Crippen molar-refractivity contribution in [2.45, 2.75) is 12.8 Å². The van der Waals surface area contributed by atoms with Gasteiger partial charge in [0.05, 0.1) is 29.1 Å².